The minimum atomic E-state index is -0.413. The van der Waals surface area contributed by atoms with Crippen molar-refractivity contribution >= 4 is 28.8 Å². The second kappa shape index (κ2) is 12.7. The number of carbonyl (C=O) groups is 1. The Bertz CT molecular complexity index is 1530. The summed E-state index contributed by atoms with van der Waals surface area (Å²) in [6.07, 6.45) is 3.27. The van der Waals surface area contributed by atoms with Crippen molar-refractivity contribution in [1.82, 2.24) is 14.4 Å². The van der Waals surface area contributed by atoms with Crippen LogP contribution in [0.1, 0.15) is 48.5 Å². The van der Waals surface area contributed by atoms with Gasteiger partial charge in [-0.25, -0.2) is 14.4 Å². The van der Waals surface area contributed by atoms with Gasteiger partial charge < -0.3 is 14.8 Å². The van der Waals surface area contributed by atoms with Crippen LogP contribution in [-0.4, -0.2) is 34.9 Å². The van der Waals surface area contributed by atoms with Crippen molar-refractivity contribution in [3.8, 4) is 11.5 Å². The molecule has 0 atom stereocenters. The van der Waals surface area contributed by atoms with Crippen molar-refractivity contribution in [2.75, 3.05) is 19.5 Å². The van der Waals surface area contributed by atoms with E-state index in [4.69, 9.17) is 14.5 Å². The first-order chi connectivity index (χ1) is 18.1. The molecule has 0 fully saturated rings. The maximum absolute atomic E-state index is 14.7. The highest BCUT2D eigenvalue weighted by Crippen LogP contribution is 2.28. The summed E-state index contributed by atoms with van der Waals surface area (Å²) in [5.41, 5.74) is 4.18. The van der Waals surface area contributed by atoms with Crippen molar-refractivity contribution in [3.05, 3.63) is 95.1 Å². The Labute approximate surface area is 222 Å². The van der Waals surface area contributed by atoms with Crippen molar-refractivity contribution in [1.29, 1.82) is 0 Å². The minimum Gasteiger partial charge on any atom is -0.497 e. The van der Waals surface area contributed by atoms with E-state index < -0.39 is 5.82 Å². The maximum atomic E-state index is 14.7. The van der Waals surface area contributed by atoms with E-state index in [1.54, 1.807) is 32.4 Å². The van der Waals surface area contributed by atoms with Gasteiger partial charge in [0, 0.05) is 41.7 Å². The smallest absolute Gasteiger partial charge is 0.209 e. The Hall–Kier alpha value is -4.46. The SMILES string of the molecule is C.CC.COc1ccc(CNc2nc3c(F)cccc3c3nc(Cc4ccc(C=O)cc4)cn23)c(OC)c1. The number of ether oxygens (including phenoxy) is 2. The Morgan fingerprint density at radius 2 is 1.76 bits per heavy atom. The fraction of sp³-hybridized carbons (Fsp3) is 0.233. The first-order valence-electron chi connectivity index (χ1n) is 12.0. The van der Waals surface area contributed by atoms with Crippen LogP contribution in [0.2, 0.25) is 0 Å². The molecule has 2 heterocycles. The lowest BCUT2D eigenvalue weighted by molar-refractivity contribution is 0.112. The fourth-order valence-corrected chi connectivity index (χ4v) is 4.05. The normalized spacial score (nSPS) is 10.3. The van der Waals surface area contributed by atoms with Gasteiger partial charge in [0.25, 0.3) is 0 Å². The third-order valence-corrected chi connectivity index (χ3v) is 5.86. The van der Waals surface area contributed by atoms with E-state index in [2.05, 4.69) is 10.3 Å². The molecule has 0 radical (unpaired) electrons. The van der Waals surface area contributed by atoms with E-state index >= 15 is 0 Å². The van der Waals surface area contributed by atoms with Gasteiger partial charge in [-0.2, -0.15) is 0 Å². The fourth-order valence-electron chi connectivity index (χ4n) is 4.05. The average Bonchev–Trinajstić information content (AvgIpc) is 3.37. The van der Waals surface area contributed by atoms with Crippen molar-refractivity contribution < 1.29 is 18.7 Å². The molecule has 5 aromatic rings. The second-order valence-corrected chi connectivity index (χ2v) is 8.06. The number of aldehydes is 1. The zero-order chi connectivity index (χ0) is 26.4. The first kappa shape index (κ1) is 28.1. The molecule has 38 heavy (non-hydrogen) atoms. The Balaban J connectivity index is 0.00000130. The van der Waals surface area contributed by atoms with Crippen LogP contribution >= 0.6 is 0 Å². The number of para-hydroxylation sites is 1. The number of aromatic nitrogens is 3. The molecule has 2 aromatic heterocycles. The van der Waals surface area contributed by atoms with Gasteiger partial charge in [0.15, 0.2) is 0 Å². The van der Waals surface area contributed by atoms with Gasteiger partial charge in [0.05, 0.1) is 19.9 Å². The summed E-state index contributed by atoms with van der Waals surface area (Å²) in [6, 6.07) is 17.8. The predicted molar refractivity (Wildman–Crippen MR) is 150 cm³/mol. The van der Waals surface area contributed by atoms with Gasteiger partial charge in [-0.3, -0.25) is 9.20 Å². The number of imidazole rings is 1. The van der Waals surface area contributed by atoms with Crippen LogP contribution in [0, 0.1) is 5.82 Å². The third kappa shape index (κ3) is 5.75. The van der Waals surface area contributed by atoms with Crippen molar-refractivity contribution in [2.24, 2.45) is 0 Å². The lowest BCUT2D eigenvalue weighted by Crippen LogP contribution is -2.08. The molecule has 1 N–H and O–H groups in total. The molecular weight excluding hydrogens is 483 g/mol. The number of halogens is 1. The average molecular weight is 517 g/mol. The second-order valence-electron chi connectivity index (χ2n) is 8.06. The highest BCUT2D eigenvalue weighted by molar-refractivity contribution is 5.93. The molecule has 0 saturated carbocycles. The number of fused-ring (bicyclic) bond motifs is 3. The molecular formula is C30H33FN4O3. The zero-order valence-corrected chi connectivity index (χ0v) is 21.3. The minimum absolute atomic E-state index is 0. The number of methoxy groups -OCH3 is 2. The highest BCUT2D eigenvalue weighted by Gasteiger charge is 2.15. The predicted octanol–water partition coefficient (Wildman–Crippen LogP) is 6.72. The van der Waals surface area contributed by atoms with Gasteiger partial charge >= 0.3 is 0 Å². The van der Waals surface area contributed by atoms with Crippen LogP contribution in [0.4, 0.5) is 10.3 Å². The van der Waals surface area contributed by atoms with Gasteiger partial charge in [-0.15, -0.1) is 0 Å². The van der Waals surface area contributed by atoms with Crippen LogP contribution in [0.25, 0.3) is 16.6 Å². The Morgan fingerprint density at radius 1 is 1.00 bits per heavy atom. The third-order valence-electron chi connectivity index (χ3n) is 5.86. The Morgan fingerprint density at radius 3 is 2.45 bits per heavy atom. The largest absolute Gasteiger partial charge is 0.497 e. The van der Waals surface area contributed by atoms with E-state index in [0.29, 0.717) is 47.0 Å². The number of anilines is 1. The van der Waals surface area contributed by atoms with Gasteiger partial charge in [-0.1, -0.05) is 51.6 Å². The van der Waals surface area contributed by atoms with Crippen molar-refractivity contribution in [3.63, 3.8) is 0 Å². The standard InChI is InChI=1S/C27H23FN4O3.C2H6.CH4/c1-34-21-11-10-19(24(13-21)35-2)14-29-27-31-25-22(4-3-5-23(25)28)26-30-20(15-32(26)27)12-17-6-8-18(16-33)9-7-17;1-2;/h3-11,13,15-16H,12,14H2,1-2H3,(H,29,31);1-2H3;1H4. The van der Waals surface area contributed by atoms with Crippen LogP contribution in [0.3, 0.4) is 0 Å². The monoisotopic (exact) mass is 516 g/mol. The first-order valence-corrected chi connectivity index (χ1v) is 12.0. The summed E-state index contributed by atoms with van der Waals surface area (Å²) in [4.78, 5) is 20.3. The molecule has 0 bridgehead atoms. The van der Waals surface area contributed by atoms with Gasteiger partial charge in [-0.05, 0) is 29.8 Å². The quantitative estimate of drug-likeness (QED) is 0.231. The number of rotatable bonds is 8. The van der Waals surface area contributed by atoms with Crippen LogP contribution in [-0.2, 0) is 13.0 Å². The van der Waals surface area contributed by atoms with Crippen LogP contribution < -0.4 is 14.8 Å². The molecule has 0 aliphatic rings. The molecule has 198 valence electrons. The van der Waals surface area contributed by atoms with E-state index in [0.717, 1.165) is 23.1 Å². The zero-order valence-electron chi connectivity index (χ0n) is 21.3. The van der Waals surface area contributed by atoms with E-state index in [-0.39, 0.29) is 12.9 Å². The van der Waals surface area contributed by atoms with E-state index in [9.17, 15) is 9.18 Å². The highest BCUT2D eigenvalue weighted by atomic mass is 19.1. The molecule has 0 unspecified atom stereocenters. The molecule has 8 heteroatoms. The van der Waals surface area contributed by atoms with E-state index in [1.165, 1.54) is 6.07 Å². The summed E-state index contributed by atoms with van der Waals surface area (Å²) in [5, 5.41) is 3.94. The summed E-state index contributed by atoms with van der Waals surface area (Å²) < 4.78 is 27.3. The lowest BCUT2D eigenvalue weighted by atomic mass is 10.1. The molecule has 7 nitrogen and oxygen atoms in total. The number of carbonyl (C=O) groups excluding carboxylic acids is 1. The molecule has 5 rings (SSSR count). The number of nitrogens with one attached hydrogen (secondary N) is 1. The summed E-state index contributed by atoms with van der Waals surface area (Å²) in [6.45, 7) is 4.40. The van der Waals surface area contributed by atoms with Crippen LogP contribution in [0.15, 0.2) is 66.9 Å². The van der Waals surface area contributed by atoms with Crippen molar-refractivity contribution in [2.45, 2.75) is 34.2 Å². The molecule has 3 aromatic carbocycles. The van der Waals surface area contributed by atoms with Crippen LogP contribution in [0.5, 0.6) is 11.5 Å². The summed E-state index contributed by atoms with van der Waals surface area (Å²) in [7, 11) is 3.20. The summed E-state index contributed by atoms with van der Waals surface area (Å²) in [5.74, 6) is 1.42. The van der Waals surface area contributed by atoms with Gasteiger partial charge in [0.2, 0.25) is 5.95 Å². The molecule has 0 saturated heterocycles. The Kier molecular flexibility index (Phi) is 9.38. The number of nitrogens with zero attached hydrogens (tertiary/aromatic N) is 3. The maximum Gasteiger partial charge on any atom is 0.209 e. The van der Waals surface area contributed by atoms with E-state index in [1.807, 2.05) is 60.8 Å². The number of hydrogen-bond acceptors (Lipinski definition) is 6. The molecule has 0 aliphatic carbocycles. The molecule has 0 amide bonds. The molecule has 0 spiro atoms. The number of hydrogen-bond donors (Lipinski definition) is 1. The topological polar surface area (TPSA) is 77.8 Å². The summed E-state index contributed by atoms with van der Waals surface area (Å²) >= 11 is 0. The lowest BCUT2D eigenvalue weighted by Gasteiger charge is -2.13. The number of benzene rings is 3. The molecule has 0 aliphatic heterocycles. The van der Waals surface area contributed by atoms with Gasteiger partial charge in [0.1, 0.15) is 34.8 Å².